The minimum absolute atomic E-state index is 0. The van der Waals surface area contributed by atoms with Crippen molar-refractivity contribution >= 4 is 10.4 Å². The molecule has 0 radical (unpaired) electrons. The van der Waals surface area contributed by atoms with E-state index in [1.165, 1.54) is 173 Å². The van der Waals surface area contributed by atoms with Crippen molar-refractivity contribution in [3.63, 3.8) is 0 Å². The van der Waals surface area contributed by atoms with E-state index in [4.69, 9.17) is 0 Å². The van der Waals surface area contributed by atoms with Crippen LogP contribution in [0.4, 0.5) is 0 Å². The van der Waals surface area contributed by atoms with Gasteiger partial charge in [-0.2, -0.15) is 0 Å². The van der Waals surface area contributed by atoms with Gasteiger partial charge in [-0.15, -0.1) is 0 Å². The molecule has 0 spiro atoms. The molecular formula is C35H71KO4S. The summed E-state index contributed by atoms with van der Waals surface area (Å²) in [5, 5.41) is 0. The molecule has 0 fully saturated rings. The van der Waals surface area contributed by atoms with Crippen LogP contribution in [-0.4, -0.2) is 19.6 Å². The summed E-state index contributed by atoms with van der Waals surface area (Å²) in [7, 11) is -4.59. The van der Waals surface area contributed by atoms with Gasteiger partial charge in [-0.05, 0) is 18.8 Å². The summed E-state index contributed by atoms with van der Waals surface area (Å²) < 4.78 is 37.6. The zero-order valence-corrected chi connectivity index (χ0v) is 32.2. The molecule has 0 aromatic heterocycles. The van der Waals surface area contributed by atoms with Gasteiger partial charge in [-0.1, -0.05) is 200 Å². The second kappa shape index (κ2) is 36.0. The first kappa shape index (κ1) is 44.6. The van der Waals surface area contributed by atoms with E-state index in [1.54, 1.807) is 0 Å². The summed E-state index contributed by atoms with van der Waals surface area (Å²) in [5.41, 5.74) is 0. The van der Waals surface area contributed by atoms with E-state index in [0.717, 1.165) is 25.7 Å². The third-order valence-corrected chi connectivity index (χ3v) is 9.05. The van der Waals surface area contributed by atoms with Crippen LogP contribution in [0.2, 0.25) is 0 Å². The molecule has 41 heavy (non-hydrogen) atoms. The zero-order chi connectivity index (χ0) is 29.4. The van der Waals surface area contributed by atoms with Crippen molar-refractivity contribution in [1.82, 2.24) is 0 Å². The first-order valence-corrected chi connectivity index (χ1v) is 19.4. The first-order chi connectivity index (χ1) is 19.5. The molecule has 0 rings (SSSR count). The summed E-state index contributed by atoms with van der Waals surface area (Å²) in [5.74, 6) is 0.197. The maximum atomic E-state index is 11.0. The largest absolute Gasteiger partial charge is 1.00 e. The van der Waals surface area contributed by atoms with Crippen LogP contribution in [0.1, 0.15) is 213 Å². The monoisotopic (exact) mass is 626 g/mol. The van der Waals surface area contributed by atoms with Crippen LogP contribution in [0.15, 0.2) is 0 Å². The average molecular weight is 627 g/mol. The van der Waals surface area contributed by atoms with Crippen molar-refractivity contribution < 1.29 is 68.5 Å². The predicted molar refractivity (Wildman–Crippen MR) is 174 cm³/mol. The van der Waals surface area contributed by atoms with Crippen LogP contribution in [0.3, 0.4) is 0 Å². The number of rotatable bonds is 34. The van der Waals surface area contributed by atoms with Crippen LogP contribution < -0.4 is 51.4 Å². The van der Waals surface area contributed by atoms with Crippen LogP contribution >= 0.6 is 0 Å². The van der Waals surface area contributed by atoms with Crippen molar-refractivity contribution in [3.05, 3.63) is 0 Å². The summed E-state index contributed by atoms with van der Waals surface area (Å²) in [6, 6.07) is 0. The molecule has 0 aromatic carbocycles. The Hall–Kier alpha value is 1.51. The molecule has 0 aromatic rings. The van der Waals surface area contributed by atoms with Gasteiger partial charge in [0, 0.05) is 0 Å². The Kier molecular flexibility index (Phi) is 39.2. The Bertz CT molecular complexity index is 585. The van der Waals surface area contributed by atoms with Crippen LogP contribution in [0, 0.1) is 5.92 Å². The minimum atomic E-state index is -4.59. The van der Waals surface area contributed by atoms with Gasteiger partial charge in [0.1, 0.15) is 0 Å². The topological polar surface area (TPSA) is 66.4 Å². The van der Waals surface area contributed by atoms with Gasteiger partial charge in [-0.3, -0.25) is 4.18 Å². The van der Waals surface area contributed by atoms with E-state index in [0.29, 0.717) is 0 Å². The van der Waals surface area contributed by atoms with Crippen LogP contribution in [-0.2, 0) is 14.6 Å². The second-order valence-corrected chi connectivity index (χ2v) is 13.7. The van der Waals surface area contributed by atoms with Gasteiger partial charge in [0.15, 0.2) is 0 Å². The van der Waals surface area contributed by atoms with Crippen molar-refractivity contribution in [1.29, 1.82) is 0 Å². The fourth-order valence-corrected chi connectivity index (χ4v) is 6.28. The molecule has 0 heterocycles. The normalized spacial score (nSPS) is 12.5. The van der Waals surface area contributed by atoms with E-state index in [9.17, 15) is 13.0 Å². The first-order valence-electron chi connectivity index (χ1n) is 18.1. The standard InChI is InChI=1S/C35H72O4S.K/c1-3-5-7-9-11-13-15-17-19-21-23-25-27-29-31-33-35(34-39-40(36,37)38)32-30-28-26-24-22-20-18-16-14-12-10-8-6-4-2;/h35H,3-34H2,1-2H3,(H,36,37,38);/q;+1/p-1. The summed E-state index contributed by atoms with van der Waals surface area (Å²) in [4.78, 5) is 0. The molecule has 242 valence electrons. The Morgan fingerprint density at radius 3 is 0.878 bits per heavy atom. The minimum Gasteiger partial charge on any atom is -0.726 e. The smallest absolute Gasteiger partial charge is 0.726 e. The van der Waals surface area contributed by atoms with Crippen LogP contribution in [0.5, 0.6) is 0 Å². The SMILES string of the molecule is CCCCCCCCCCCCCCCCCC(CCCCCCCCCCCCCCCC)COS(=O)(=O)[O-].[K+]. The van der Waals surface area contributed by atoms with Crippen molar-refractivity contribution in [2.24, 2.45) is 5.92 Å². The fourth-order valence-electron chi connectivity index (χ4n) is 5.92. The quantitative estimate of drug-likeness (QED) is 0.0309. The Morgan fingerprint density at radius 1 is 0.439 bits per heavy atom. The molecule has 1 unspecified atom stereocenters. The van der Waals surface area contributed by atoms with Gasteiger partial charge in [0.2, 0.25) is 10.4 Å². The van der Waals surface area contributed by atoms with Gasteiger partial charge in [0.25, 0.3) is 0 Å². The molecule has 6 heteroatoms. The number of hydrogen-bond donors (Lipinski definition) is 0. The molecule has 1 atom stereocenters. The molecule has 0 N–H and O–H groups in total. The molecule has 4 nitrogen and oxygen atoms in total. The fraction of sp³-hybridized carbons (Fsp3) is 1.00. The Morgan fingerprint density at radius 2 is 0.659 bits per heavy atom. The van der Waals surface area contributed by atoms with Crippen LogP contribution in [0.25, 0.3) is 0 Å². The summed E-state index contributed by atoms with van der Waals surface area (Å²) in [6.45, 7) is 4.62. The third-order valence-electron chi connectivity index (χ3n) is 8.63. The average Bonchev–Trinajstić information content (AvgIpc) is 2.93. The molecular weight excluding hydrogens is 556 g/mol. The van der Waals surface area contributed by atoms with E-state index in [-0.39, 0.29) is 63.9 Å². The van der Waals surface area contributed by atoms with E-state index in [2.05, 4.69) is 18.0 Å². The number of hydrogen-bond acceptors (Lipinski definition) is 4. The van der Waals surface area contributed by atoms with Gasteiger partial charge in [-0.25, -0.2) is 8.42 Å². The van der Waals surface area contributed by atoms with Crippen molar-refractivity contribution in [3.8, 4) is 0 Å². The summed E-state index contributed by atoms with van der Waals surface area (Å²) in [6.07, 6.45) is 40.9. The second-order valence-electron chi connectivity index (χ2n) is 12.7. The zero-order valence-electron chi connectivity index (χ0n) is 28.2. The molecule has 0 saturated carbocycles. The Balaban J connectivity index is 0. The van der Waals surface area contributed by atoms with E-state index in [1.807, 2.05) is 0 Å². The molecule has 0 aliphatic heterocycles. The summed E-state index contributed by atoms with van der Waals surface area (Å²) >= 11 is 0. The molecule has 0 saturated heterocycles. The molecule has 0 amide bonds. The predicted octanol–water partition coefficient (Wildman–Crippen LogP) is 9.22. The van der Waals surface area contributed by atoms with Crippen molar-refractivity contribution in [2.45, 2.75) is 213 Å². The van der Waals surface area contributed by atoms with E-state index < -0.39 is 10.4 Å². The third kappa shape index (κ3) is 39.5. The maximum absolute atomic E-state index is 11.0. The maximum Gasteiger partial charge on any atom is 1.00 e. The Labute approximate surface area is 301 Å². The van der Waals surface area contributed by atoms with Gasteiger partial charge in [0.05, 0.1) is 6.61 Å². The van der Waals surface area contributed by atoms with Gasteiger partial charge >= 0.3 is 51.4 Å². The molecule has 0 bridgehead atoms. The van der Waals surface area contributed by atoms with E-state index >= 15 is 0 Å². The van der Waals surface area contributed by atoms with Gasteiger partial charge < -0.3 is 4.55 Å². The van der Waals surface area contributed by atoms with Crippen molar-refractivity contribution in [2.75, 3.05) is 6.61 Å². The molecule has 0 aliphatic rings. The number of unbranched alkanes of at least 4 members (excludes halogenated alkanes) is 27. The molecule has 0 aliphatic carbocycles.